The molecule has 2 aromatic rings. The number of nitrogens with zero attached hydrogens (tertiary/aromatic N) is 2. The highest BCUT2D eigenvalue weighted by Gasteiger charge is 2.09. The lowest BCUT2D eigenvalue weighted by Crippen LogP contribution is -2.11. The van der Waals surface area contributed by atoms with Gasteiger partial charge in [0.05, 0.1) is 12.1 Å². The Morgan fingerprint density at radius 2 is 2.29 bits per heavy atom. The van der Waals surface area contributed by atoms with E-state index in [4.69, 9.17) is 4.74 Å². The van der Waals surface area contributed by atoms with Crippen molar-refractivity contribution >= 4 is 17.2 Å². The van der Waals surface area contributed by atoms with Crippen LogP contribution in [-0.2, 0) is 0 Å². The van der Waals surface area contributed by atoms with E-state index in [9.17, 15) is 0 Å². The Hall–Kier alpha value is -1.62. The molecule has 4 nitrogen and oxygen atoms in total. The van der Waals surface area contributed by atoms with Crippen LogP contribution in [0.5, 0.6) is 5.75 Å². The van der Waals surface area contributed by atoms with Gasteiger partial charge in [-0.25, -0.2) is 9.97 Å². The van der Waals surface area contributed by atoms with Gasteiger partial charge < -0.3 is 10.1 Å². The highest BCUT2D eigenvalue weighted by molar-refractivity contribution is 7.09. The van der Waals surface area contributed by atoms with Crippen LogP contribution in [0.2, 0.25) is 0 Å². The molecule has 0 aliphatic heterocycles. The monoisotopic (exact) mass is 249 g/mol. The Labute approximate surface area is 105 Å². The number of rotatable bonds is 5. The fourth-order valence-corrected chi connectivity index (χ4v) is 2.20. The van der Waals surface area contributed by atoms with Gasteiger partial charge in [-0.15, -0.1) is 11.3 Å². The summed E-state index contributed by atoms with van der Waals surface area (Å²) < 4.78 is 5.23. The number of nitrogens with one attached hydrogen (secondary N) is 1. The Morgan fingerprint density at radius 3 is 3.00 bits per heavy atom. The second-order valence-electron chi connectivity index (χ2n) is 3.71. The van der Waals surface area contributed by atoms with Crippen LogP contribution in [-0.4, -0.2) is 23.6 Å². The van der Waals surface area contributed by atoms with E-state index in [0.717, 1.165) is 23.1 Å². The molecule has 1 atom stereocenters. The first kappa shape index (κ1) is 11.9. The van der Waals surface area contributed by atoms with Crippen molar-refractivity contribution in [2.45, 2.75) is 12.8 Å². The molecule has 17 heavy (non-hydrogen) atoms. The van der Waals surface area contributed by atoms with Crippen molar-refractivity contribution in [2.24, 2.45) is 0 Å². The normalized spacial score (nSPS) is 12.1. The van der Waals surface area contributed by atoms with Crippen LogP contribution >= 0.6 is 11.3 Å². The van der Waals surface area contributed by atoms with Gasteiger partial charge >= 0.3 is 0 Å². The van der Waals surface area contributed by atoms with Crippen molar-refractivity contribution in [1.82, 2.24) is 9.97 Å². The zero-order chi connectivity index (χ0) is 12.1. The van der Waals surface area contributed by atoms with Crippen molar-refractivity contribution in [3.63, 3.8) is 0 Å². The average Bonchev–Trinajstić information content (AvgIpc) is 2.90. The summed E-state index contributed by atoms with van der Waals surface area (Å²) in [6.07, 6.45) is 3.58. The summed E-state index contributed by atoms with van der Waals surface area (Å²) in [6.45, 7) is 2.93. The maximum absolute atomic E-state index is 5.23. The third-order valence-corrected chi connectivity index (χ3v) is 3.45. The molecule has 2 aromatic heterocycles. The summed E-state index contributed by atoms with van der Waals surface area (Å²) in [5.41, 5.74) is 0. The summed E-state index contributed by atoms with van der Waals surface area (Å²) in [5.74, 6) is 1.90. The summed E-state index contributed by atoms with van der Waals surface area (Å²) in [4.78, 5) is 8.55. The topological polar surface area (TPSA) is 47.0 Å². The van der Waals surface area contributed by atoms with Gasteiger partial charge in [0.2, 0.25) is 0 Å². The first-order valence-electron chi connectivity index (χ1n) is 5.43. The summed E-state index contributed by atoms with van der Waals surface area (Å²) in [6, 6.07) is 3.75. The number of aromatic nitrogens is 2. The molecule has 0 saturated heterocycles. The predicted molar refractivity (Wildman–Crippen MR) is 69.8 cm³/mol. The Morgan fingerprint density at radius 1 is 1.41 bits per heavy atom. The lowest BCUT2D eigenvalue weighted by Gasteiger charge is -2.12. The molecular weight excluding hydrogens is 234 g/mol. The molecule has 1 unspecified atom stereocenters. The largest absolute Gasteiger partial charge is 0.493 e. The van der Waals surface area contributed by atoms with Gasteiger partial charge in [0.1, 0.15) is 0 Å². The number of anilines is 1. The molecular formula is C12H15N3OS. The number of methoxy groups -OCH3 is 1. The van der Waals surface area contributed by atoms with Crippen LogP contribution < -0.4 is 10.1 Å². The van der Waals surface area contributed by atoms with E-state index in [1.54, 1.807) is 24.6 Å². The molecule has 5 heteroatoms. The van der Waals surface area contributed by atoms with E-state index in [1.165, 1.54) is 0 Å². The molecule has 0 saturated carbocycles. The summed E-state index contributed by atoms with van der Waals surface area (Å²) in [5, 5.41) is 6.41. The molecule has 0 amide bonds. The summed E-state index contributed by atoms with van der Waals surface area (Å²) in [7, 11) is 1.65. The highest BCUT2D eigenvalue weighted by Crippen LogP contribution is 2.22. The van der Waals surface area contributed by atoms with Crippen LogP contribution in [0, 0.1) is 0 Å². The molecule has 0 spiro atoms. The van der Waals surface area contributed by atoms with Gasteiger partial charge in [0.25, 0.3) is 0 Å². The molecule has 90 valence electrons. The molecule has 0 aromatic carbocycles. The number of pyridine rings is 1. The van der Waals surface area contributed by atoms with Gasteiger partial charge in [-0.3, -0.25) is 0 Å². The Kier molecular flexibility index (Phi) is 3.93. The van der Waals surface area contributed by atoms with Crippen LogP contribution in [0.25, 0.3) is 0 Å². The number of hydrogen-bond donors (Lipinski definition) is 1. The second-order valence-corrected chi connectivity index (χ2v) is 4.63. The fraction of sp³-hybridized carbons (Fsp3) is 0.333. The minimum atomic E-state index is 0.363. The van der Waals surface area contributed by atoms with Crippen molar-refractivity contribution in [3.05, 3.63) is 34.9 Å². The minimum Gasteiger partial charge on any atom is -0.493 e. The van der Waals surface area contributed by atoms with Gasteiger partial charge in [0.15, 0.2) is 11.6 Å². The van der Waals surface area contributed by atoms with Crippen LogP contribution in [0.1, 0.15) is 17.8 Å². The van der Waals surface area contributed by atoms with E-state index >= 15 is 0 Å². The van der Waals surface area contributed by atoms with Gasteiger partial charge in [-0.2, -0.15) is 0 Å². The van der Waals surface area contributed by atoms with Crippen LogP contribution in [0.4, 0.5) is 5.82 Å². The van der Waals surface area contributed by atoms with Crippen molar-refractivity contribution in [3.8, 4) is 5.75 Å². The second kappa shape index (κ2) is 5.63. The van der Waals surface area contributed by atoms with E-state index in [-0.39, 0.29) is 0 Å². The zero-order valence-corrected chi connectivity index (χ0v) is 10.7. The number of thiazole rings is 1. The predicted octanol–water partition coefficient (Wildman–Crippen LogP) is 2.76. The molecule has 0 aliphatic carbocycles. The molecule has 1 N–H and O–H groups in total. The van der Waals surface area contributed by atoms with E-state index in [0.29, 0.717) is 5.92 Å². The molecule has 0 bridgehead atoms. The van der Waals surface area contributed by atoms with Crippen LogP contribution in [0.3, 0.4) is 0 Å². The van der Waals surface area contributed by atoms with Crippen LogP contribution in [0.15, 0.2) is 29.9 Å². The molecule has 2 rings (SSSR count). The SMILES string of the molecule is COc1cccnc1NCC(C)c1nccs1. The highest BCUT2D eigenvalue weighted by atomic mass is 32.1. The van der Waals surface area contributed by atoms with Gasteiger partial charge in [0, 0.05) is 30.2 Å². The quantitative estimate of drug-likeness (QED) is 0.885. The van der Waals surface area contributed by atoms with Crippen molar-refractivity contribution in [1.29, 1.82) is 0 Å². The standard InChI is InChI=1S/C12H15N3OS/c1-9(12-14-6-7-17-12)8-15-11-10(16-2)4-3-5-13-11/h3-7,9H,8H2,1-2H3,(H,13,15). The average molecular weight is 249 g/mol. The molecule has 0 aliphatic rings. The maximum Gasteiger partial charge on any atom is 0.168 e. The lowest BCUT2D eigenvalue weighted by atomic mass is 10.2. The molecule has 0 fully saturated rings. The maximum atomic E-state index is 5.23. The third kappa shape index (κ3) is 2.94. The Balaban J connectivity index is 1.98. The Bertz CT molecular complexity index is 459. The van der Waals surface area contributed by atoms with Crippen molar-refractivity contribution in [2.75, 3.05) is 19.0 Å². The zero-order valence-electron chi connectivity index (χ0n) is 9.88. The lowest BCUT2D eigenvalue weighted by molar-refractivity contribution is 0.414. The number of hydrogen-bond acceptors (Lipinski definition) is 5. The fourth-order valence-electron chi connectivity index (χ4n) is 1.50. The summed E-state index contributed by atoms with van der Waals surface area (Å²) >= 11 is 1.67. The third-order valence-electron chi connectivity index (χ3n) is 2.44. The molecule has 2 heterocycles. The number of ether oxygens (including phenoxy) is 1. The van der Waals surface area contributed by atoms with Crippen molar-refractivity contribution < 1.29 is 4.74 Å². The smallest absolute Gasteiger partial charge is 0.168 e. The van der Waals surface area contributed by atoms with Gasteiger partial charge in [-0.05, 0) is 12.1 Å². The van der Waals surface area contributed by atoms with Gasteiger partial charge in [-0.1, -0.05) is 6.92 Å². The minimum absolute atomic E-state index is 0.363. The van der Waals surface area contributed by atoms with E-state index in [2.05, 4.69) is 22.2 Å². The van der Waals surface area contributed by atoms with E-state index in [1.807, 2.05) is 23.7 Å². The first-order chi connectivity index (χ1) is 8.31. The molecule has 0 radical (unpaired) electrons. The first-order valence-corrected chi connectivity index (χ1v) is 6.31. The van der Waals surface area contributed by atoms with E-state index < -0.39 is 0 Å².